The molecule has 0 bridgehead atoms. The Kier molecular flexibility index (Phi) is 3.31. The van der Waals surface area contributed by atoms with Crippen LogP contribution in [0.1, 0.15) is 27.7 Å². The molecule has 0 aromatic rings. The predicted octanol–water partition coefficient (Wildman–Crippen LogP) is 0.851. The summed E-state index contributed by atoms with van der Waals surface area (Å²) in [6.45, 7) is 10.2. The van der Waals surface area contributed by atoms with Crippen molar-refractivity contribution in [3.63, 3.8) is 0 Å². The van der Waals surface area contributed by atoms with Gasteiger partial charge in [-0.2, -0.15) is 0 Å². The molecule has 1 aliphatic rings. The van der Waals surface area contributed by atoms with Crippen LogP contribution in [0.25, 0.3) is 0 Å². The van der Waals surface area contributed by atoms with Crippen LogP contribution in [-0.4, -0.2) is 36.0 Å². The fourth-order valence-corrected chi connectivity index (χ4v) is 1.50. The molecule has 1 fully saturated rings. The summed E-state index contributed by atoms with van der Waals surface area (Å²) in [4.78, 5) is 13.8. The lowest BCUT2D eigenvalue weighted by atomic mass is 9.97. The van der Waals surface area contributed by atoms with Gasteiger partial charge in [-0.05, 0) is 27.7 Å². The number of rotatable bonds is 3. The molecule has 13 heavy (non-hydrogen) atoms. The summed E-state index contributed by atoms with van der Waals surface area (Å²) in [6, 6.07) is 0.837. The van der Waals surface area contributed by atoms with Gasteiger partial charge in [0.1, 0.15) is 0 Å². The van der Waals surface area contributed by atoms with Crippen molar-refractivity contribution in [2.75, 3.05) is 13.1 Å². The Balaban J connectivity index is 2.23. The monoisotopic (exact) mass is 184 g/mol. The third-order valence-corrected chi connectivity index (χ3v) is 2.44. The van der Waals surface area contributed by atoms with E-state index in [0.29, 0.717) is 6.04 Å². The van der Waals surface area contributed by atoms with Crippen molar-refractivity contribution in [3.05, 3.63) is 0 Å². The minimum absolute atomic E-state index is 0.215. The van der Waals surface area contributed by atoms with Gasteiger partial charge in [0.15, 0.2) is 0 Å². The van der Waals surface area contributed by atoms with Crippen LogP contribution >= 0.6 is 0 Å². The second kappa shape index (κ2) is 4.09. The van der Waals surface area contributed by atoms with Gasteiger partial charge < -0.3 is 5.32 Å². The maximum atomic E-state index is 11.5. The molecule has 1 amide bonds. The summed E-state index contributed by atoms with van der Waals surface area (Å²) in [5, 5.41) is 2.94. The fraction of sp³-hybridized carbons (Fsp3) is 0.900. The maximum absolute atomic E-state index is 11.5. The summed E-state index contributed by atoms with van der Waals surface area (Å²) in [5.74, 6) is 0.441. The molecule has 0 aliphatic carbocycles. The molecular weight excluding hydrogens is 164 g/mol. The summed E-state index contributed by atoms with van der Waals surface area (Å²) in [7, 11) is 0. The van der Waals surface area contributed by atoms with Crippen LogP contribution < -0.4 is 5.32 Å². The minimum Gasteiger partial charge on any atom is -0.354 e. The van der Waals surface area contributed by atoms with Crippen molar-refractivity contribution >= 4 is 5.91 Å². The predicted molar refractivity (Wildman–Crippen MR) is 53.5 cm³/mol. The summed E-state index contributed by atoms with van der Waals surface area (Å²) in [5.41, 5.74) is 0. The SMILES string of the molecule is CC(C)NC(=O)C1CN(C(C)C)C1. The van der Waals surface area contributed by atoms with Crippen LogP contribution in [-0.2, 0) is 4.79 Å². The highest BCUT2D eigenvalue weighted by molar-refractivity contribution is 5.80. The molecule has 1 N–H and O–H groups in total. The standard InChI is InChI=1S/C10H20N2O/c1-7(2)11-10(13)9-5-12(6-9)8(3)4/h7-9H,5-6H2,1-4H3,(H,11,13). The third-order valence-electron chi connectivity index (χ3n) is 2.44. The average molecular weight is 184 g/mol. The van der Waals surface area contributed by atoms with Gasteiger partial charge in [-0.25, -0.2) is 0 Å². The first kappa shape index (κ1) is 10.5. The normalized spacial score (nSPS) is 19.2. The van der Waals surface area contributed by atoms with E-state index in [1.54, 1.807) is 0 Å². The highest BCUT2D eigenvalue weighted by atomic mass is 16.2. The average Bonchev–Trinajstić information content (AvgIpc) is 1.79. The van der Waals surface area contributed by atoms with E-state index in [9.17, 15) is 4.79 Å². The molecule has 0 aromatic carbocycles. The molecule has 3 nitrogen and oxygen atoms in total. The topological polar surface area (TPSA) is 32.3 Å². The lowest BCUT2D eigenvalue weighted by molar-refractivity contribution is -0.131. The van der Waals surface area contributed by atoms with Crippen LogP contribution in [0.15, 0.2) is 0 Å². The number of amides is 1. The molecule has 0 radical (unpaired) electrons. The van der Waals surface area contributed by atoms with Crippen molar-refractivity contribution in [1.82, 2.24) is 10.2 Å². The quantitative estimate of drug-likeness (QED) is 0.705. The van der Waals surface area contributed by atoms with E-state index in [2.05, 4.69) is 24.1 Å². The van der Waals surface area contributed by atoms with E-state index in [-0.39, 0.29) is 17.9 Å². The van der Waals surface area contributed by atoms with Gasteiger partial charge in [0.25, 0.3) is 0 Å². The Bertz CT molecular complexity index is 183. The largest absolute Gasteiger partial charge is 0.354 e. The summed E-state index contributed by atoms with van der Waals surface area (Å²) < 4.78 is 0. The highest BCUT2D eigenvalue weighted by Crippen LogP contribution is 2.18. The Labute approximate surface area is 80.5 Å². The van der Waals surface area contributed by atoms with E-state index in [1.807, 2.05) is 13.8 Å². The van der Waals surface area contributed by atoms with E-state index in [0.717, 1.165) is 13.1 Å². The number of hydrogen-bond acceptors (Lipinski definition) is 2. The Hall–Kier alpha value is -0.570. The maximum Gasteiger partial charge on any atom is 0.225 e. The Morgan fingerprint density at radius 1 is 1.31 bits per heavy atom. The zero-order chi connectivity index (χ0) is 10.0. The molecule has 0 saturated carbocycles. The lowest BCUT2D eigenvalue weighted by Gasteiger charge is -2.41. The van der Waals surface area contributed by atoms with Crippen molar-refractivity contribution in [3.8, 4) is 0 Å². The first-order valence-corrected chi connectivity index (χ1v) is 5.05. The van der Waals surface area contributed by atoms with E-state index in [4.69, 9.17) is 0 Å². The van der Waals surface area contributed by atoms with Crippen LogP contribution in [0.4, 0.5) is 0 Å². The zero-order valence-electron chi connectivity index (χ0n) is 9.00. The fourth-order valence-electron chi connectivity index (χ4n) is 1.50. The second-order valence-electron chi connectivity index (χ2n) is 4.41. The van der Waals surface area contributed by atoms with E-state index in [1.165, 1.54) is 0 Å². The van der Waals surface area contributed by atoms with Crippen molar-refractivity contribution in [2.24, 2.45) is 5.92 Å². The smallest absolute Gasteiger partial charge is 0.225 e. The number of likely N-dealkylation sites (tertiary alicyclic amines) is 1. The molecule has 76 valence electrons. The number of carbonyl (C=O) groups is 1. The summed E-state index contributed by atoms with van der Waals surface area (Å²) in [6.07, 6.45) is 0. The Morgan fingerprint density at radius 3 is 2.23 bits per heavy atom. The lowest BCUT2D eigenvalue weighted by Crippen LogP contribution is -2.56. The van der Waals surface area contributed by atoms with Gasteiger partial charge in [-0.3, -0.25) is 9.69 Å². The van der Waals surface area contributed by atoms with Gasteiger partial charge >= 0.3 is 0 Å². The molecule has 0 atom stereocenters. The van der Waals surface area contributed by atoms with Crippen LogP contribution in [0.3, 0.4) is 0 Å². The van der Waals surface area contributed by atoms with Gasteiger partial charge in [-0.1, -0.05) is 0 Å². The number of hydrogen-bond donors (Lipinski definition) is 1. The Morgan fingerprint density at radius 2 is 1.85 bits per heavy atom. The van der Waals surface area contributed by atoms with Crippen molar-refractivity contribution in [1.29, 1.82) is 0 Å². The van der Waals surface area contributed by atoms with Crippen LogP contribution in [0, 0.1) is 5.92 Å². The number of nitrogens with zero attached hydrogens (tertiary/aromatic N) is 1. The molecule has 1 aliphatic heterocycles. The van der Waals surface area contributed by atoms with Crippen LogP contribution in [0.2, 0.25) is 0 Å². The van der Waals surface area contributed by atoms with Crippen molar-refractivity contribution < 1.29 is 4.79 Å². The molecule has 0 spiro atoms. The molecule has 1 heterocycles. The number of carbonyl (C=O) groups excluding carboxylic acids is 1. The highest BCUT2D eigenvalue weighted by Gasteiger charge is 2.33. The molecule has 1 saturated heterocycles. The first-order valence-electron chi connectivity index (χ1n) is 5.05. The van der Waals surface area contributed by atoms with Gasteiger partial charge in [0, 0.05) is 25.2 Å². The first-order chi connectivity index (χ1) is 6.00. The third kappa shape index (κ3) is 2.69. The minimum atomic E-state index is 0.215. The molecular formula is C10H20N2O. The van der Waals surface area contributed by atoms with Gasteiger partial charge in [0.05, 0.1) is 5.92 Å². The van der Waals surface area contributed by atoms with E-state index >= 15 is 0 Å². The molecule has 0 unspecified atom stereocenters. The zero-order valence-corrected chi connectivity index (χ0v) is 9.00. The van der Waals surface area contributed by atoms with Gasteiger partial charge in [-0.15, -0.1) is 0 Å². The molecule has 0 aromatic heterocycles. The number of nitrogens with one attached hydrogen (secondary N) is 1. The molecule has 3 heteroatoms. The molecule has 1 rings (SSSR count). The second-order valence-corrected chi connectivity index (χ2v) is 4.41. The van der Waals surface area contributed by atoms with E-state index < -0.39 is 0 Å². The van der Waals surface area contributed by atoms with Crippen molar-refractivity contribution in [2.45, 2.75) is 39.8 Å². The summed E-state index contributed by atoms with van der Waals surface area (Å²) >= 11 is 0. The van der Waals surface area contributed by atoms with Gasteiger partial charge in [0.2, 0.25) is 5.91 Å². The van der Waals surface area contributed by atoms with Crippen LogP contribution in [0.5, 0.6) is 0 Å².